The van der Waals surface area contributed by atoms with Crippen LogP contribution in [0, 0.1) is 6.92 Å². The molecule has 1 heterocycles. The van der Waals surface area contributed by atoms with Crippen LogP contribution in [0.25, 0.3) is 17.5 Å². The van der Waals surface area contributed by atoms with Crippen LogP contribution in [0.3, 0.4) is 0 Å². The number of aryl methyl sites for hydroxylation is 1. The summed E-state index contributed by atoms with van der Waals surface area (Å²) in [6, 6.07) is 5.33. The molecule has 0 saturated carbocycles. The smallest absolute Gasteiger partial charge is 0.328 e. The Morgan fingerprint density at radius 2 is 2.22 bits per heavy atom. The second-order valence-corrected chi connectivity index (χ2v) is 4.01. The normalized spacial score (nSPS) is 11.0. The van der Waals surface area contributed by atoms with Crippen molar-refractivity contribution in [2.45, 2.75) is 6.92 Å². The van der Waals surface area contributed by atoms with E-state index in [-0.39, 0.29) is 5.89 Å². The Balaban J connectivity index is 2.35. The van der Waals surface area contributed by atoms with Crippen molar-refractivity contribution in [2.75, 3.05) is 0 Å². The minimum Gasteiger partial charge on any atom is -0.478 e. The third kappa shape index (κ3) is 2.75. The first-order valence-electron chi connectivity index (χ1n) is 5.07. The number of carboxylic acids is 1. The van der Waals surface area contributed by atoms with Crippen molar-refractivity contribution in [2.24, 2.45) is 0 Å². The van der Waals surface area contributed by atoms with Crippen molar-refractivity contribution < 1.29 is 14.3 Å². The molecule has 0 atom stereocenters. The van der Waals surface area contributed by atoms with Crippen LogP contribution in [0.1, 0.15) is 11.5 Å². The van der Waals surface area contributed by atoms with E-state index in [1.165, 1.54) is 6.08 Å². The van der Waals surface area contributed by atoms with Gasteiger partial charge in [-0.1, -0.05) is 17.7 Å². The van der Waals surface area contributed by atoms with Crippen LogP contribution in [-0.4, -0.2) is 21.3 Å². The summed E-state index contributed by atoms with van der Waals surface area (Å²) in [5.41, 5.74) is 1.67. The number of hydrogen-bond acceptors (Lipinski definition) is 4. The van der Waals surface area contributed by atoms with E-state index in [2.05, 4.69) is 10.2 Å². The zero-order chi connectivity index (χ0) is 13.1. The van der Waals surface area contributed by atoms with E-state index in [0.29, 0.717) is 10.9 Å². The van der Waals surface area contributed by atoms with Crippen LogP contribution in [-0.2, 0) is 4.79 Å². The number of halogens is 1. The Morgan fingerprint density at radius 1 is 1.44 bits per heavy atom. The van der Waals surface area contributed by atoms with Crippen LogP contribution < -0.4 is 0 Å². The summed E-state index contributed by atoms with van der Waals surface area (Å²) in [5.74, 6) is -0.638. The lowest BCUT2D eigenvalue weighted by molar-refractivity contribution is -0.131. The molecule has 0 aliphatic heterocycles. The number of rotatable bonds is 3. The molecule has 5 nitrogen and oxygen atoms in total. The Labute approximate surface area is 108 Å². The fourth-order valence-electron chi connectivity index (χ4n) is 1.38. The van der Waals surface area contributed by atoms with E-state index < -0.39 is 5.97 Å². The van der Waals surface area contributed by atoms with Gasteiger partial charge in [-0.25, -0.2) is 4.79 Å². The number of carboxylic acid groups (broad SMARTS) is 1. The molecule has 0 radical (unpaired) electrons. The zero-order valence-corrected chi connectivity index (χ0v) is 10.2. The topological polar surface area (TPSA) is 76.2 Å². The van der Waals surface area contributed by atoms with Crippen molar-refractivity contribution in [1.82, 2.24) is 10.2 Å². The Kier molecular flexibility index (Phi) is 3.43. The van der Waals surface area contributed by atoms with Gasteiger partial charge < -0.3 is 9.52 Å². The standard InChI is InChI=1S/C12H9ClN2O3/c1-7-2-3-8(13)6-9(7)12-15-14-10(18-12)4-5-11(16)17/h2-6H,1H3,(H,16,17)/b5-4+. The van der Waals surface area contributed by atoms with Gasteiger partial charge in [0.05, 0.1) is 0 Å². The van der Waals surface area contributed by atoms with Gasteiger partial charge in [-0.05, 0) is 24.6 Å². The van der Waals surface area contributed by atoms with Crippen molar-refractivity contribution in [3.63, 3.8) is 0 Å². The third-order valence-corrected chi connectivity index (χ3v) is 2.47. The molecule has 0 unspecified atom stereocenters. The van der Waals surface area contributed by atoms with E-state index in [9.17, 15) is 4.79 Å². The van der Waals surface area contributed by atoms with Gasteiger partial charge in [0.2, 0.25) is 11.8 Å². The van der Waals surface area contributed by atoms with E-state index in [0.717, 1.165) is 17.2 Å². The molecule has 2 rings (SSSR count). The van der Waals surface area contributed by atoms with Crippen LogP contribution in [0.4, 0.5) is 0 Å². The lowest BCUT2D eigenvalue weighted by Crippen LogP contribution is -1.85. The van der Waals surface area contributed by atoms with E-state index >= 15 is 0 Å². The summed E-state index contributed by atoms with van der Waals surface area (Å²) in [4.78, 5) is 10.4. The van der Waals surface area contributed by atoms with Crippen molar-refractivity contribution in [1.29, 1.82) is 0 Å². The second kappa shape index (κ2) is 5.01. The van der Waals surface area contributed by atoms with Crippen LogP contribution in [0.5, 0.6) is 0 Å². The lowest BCUT2D eigenvalue weighted by Gasteiger charge is -2.00. The van der Waals surface area contributed by atoms with E-state index in [4.69, 9.17) is 21.1 Å². The molecule has 0 fully saturated rings. The van der Waals surface area contributed by atoms with Gasteiger partial charge in [0, 0.05) is 22.7 Å². The van der Waals surface area contributed by atoms with Gasteiger partial charge >= 0.3 is 5.97 Å². The molecule has 6 heteroatoms. The number of aliphatic carboxylic acids is 1. The highest BCUT2D eigenvalue weighted by molar-refractivity contribution is 6.30. The molecule has 0 saturated heterocycles. The Morgan fingerprint density at radius 3 is 2.94 bits per heavy atom. The van der Waals surface area contributed by atoms with Gasteiger partial charge in [-0.15, -0.1) is 10.2 Å². The van der Waals surface area contributed by atoms with Crippen LogP contribution in [0.2, 0.25) is 5.02 Å². The maximum Gasteiger partial charge on any atom is 0.328 e. The Bertz CT molecular complexity index is 620. The molecule has 1 aromatic carbocycles. The predicted octanol–water partition coefficient (Wildman–Crippen LogP) is 2.80. The Hall–Kier alpha value is -2.14. The quantitative estimate of drug-likeness (QED) is 0.863. The summed E-state index contributed by atoms with van der Waals surface area (Å²) in [5, 5.41) is 16.6. The summed E-state index contributed by atoms with van der Waals surface area (Å²) in [7, 11) is 0. The molecule has 0 aliphatic rings. The van der Waals surface area contributed by atoms with Gasteiger partial charge in [0.25, 0.3) is 0 Å². The van der Waals surface area contributed by atoms with Crippen LogP contribution >= 0.6 is 11.6 Å². The maximum atomic E-state index is 10.4. The predicted molar refractivity (Wildman–Crippen MR) is 66.2 cm³/mol. The molecule has 0 aliphatic carbocycles. The number of hydrogen-bond donors (Lipinski definition) is 1. The highest BCUT2D eigenvalue weighted by atomic mass is 35.5. The van der Waals surface area contributed by atoms with E-state index in [1.54, 1.807) is 12.1 Å². The average molecular weight is 265 g/mol. The monoisotopic (exact) mass is 264 g/mol. The largest absolute Gasteiger partial charge is 0.478 e. The second-order valence-electron chi connectivity index (χ2n) is 3.58. The average Bonchev–Trinajstić information content (AvgIpc) is 2.78. The number of nitrogens with zero attached hydrogens (tertiary/aromatic N) is 2. The van der Waals surface area contributed by atoms with Crippen molar-refractivity contribution in [3.8, 4) is 11.5 Å². The third-order valence-electron chi connectivity index (χ3n) is 2.24. The molecule has 1 N–H and O–H groups in total. The molecule has 92 valence electrons. The molecule has 2 aromatic rings. The first-order valence-corrected chi connectivity index (χ1v) is 5.45. The molecule has 0 bridgehead atoms. The van der Waals surface area contributed by atoms with Gasteiger partial charge in [0.15, 0.2) is 0 Å². The first kappa shape index (κ1) is 12.3. The molecular weight excluding hydrogens is 256 g/mol. The van der Waals surface area contributed by atoms with Gasteiger partial charge in [0.1, 0.15) is 0 Å². The fourth-order valence-corrected chi connectivity index (χ4v) is 1.55. The highest BCUT2D eigenvalue weighted by Crippen LogP contribution is 2.25. The van der Waals surface area contributed by atoms with E-state index in [1.807, 2.05) is 13.0 Å². The number of benzene rings is 1. The van der Waals surface area contributed by atoms with Crippen molar-refractivity contribution >= 4 is 23.6 Å². The maximum absolute atomic E-state index is 10.4. The summed E-state index contributed by atoms with van der Waals surface area (Å²) >= 11 is 5.89. The summed E-state index contributed by atoms with van der Waals surface area (Å²) in [6.45, 7) is 1.89. The molecule has 0 amide bonds. The minimum absolute atomic E-state index is 0.131. The summed E-state index contributed by atoms with van der Waals surface area (Å²) < 4.78 is 5.32. The van der Waals surface area contributed by atoms with Crippen molar-refractivity contribution in [3.05, 3.63) is 40.8 Å². The lowest BCUT2D eigenvalue weighted by atomic mass is 10.1. The minimum atomic E-state index is -1.08. The summed E-state index contributed by atoms with van der Waals surface area (Å²) in [6.07, 6.45) is 2.17. The number of aromatic nitrogens is 2. The molecule has 1 aromatic heterocycles. The fraction of sp³-hybridized carbons (Fsp3) is 0.0833. The molecule has 0 spiro atoms. The highest BCUT2D eigenvalue weighted by Gasteiger charge is 2.10. The number of carbonyl (C=O) groups is 1. The molecular formula is C12H9ClN2O3. The van der Waals surface area contributed by atoms with Gasteiger partial charge in [-0.2, -0.15) is 0 Å². The first-order chi connectivity index (χ1) is 8.56. The molecule has 18 heavy (non-hydrogen) atoms. The van der Waals surface area contributed by atoms with Crippen LogP contribution in [0.15, 0.2) is 28.7 Å². The zero-order valence-electron chi connectivity index (χ0n) is 9.42. The van der Waals surface area contributed by atoms with Gasteiger partial charge in [-0.3, -0.25) is 0 Å². The SMILES string of the molecule is Cc1ccc(Cl)cc1-c1nnc(/C=C/C(=O)O)o1.